The maximum absolute atomic E-state index is 10.2. The van der Waals surface area contributed by atoms with Gasteiger partial charge in [0.15, 0.2) is 6.10 Å². The molecule has 0 aliphatic rings. The van der Waals surface area contributed by atoms with Crippen LogP contribution in [-0.2, 0) is 4.79 Å². The molecule has 0 aromatic carbocycles. The van der Waals surface area contributed by atoms with Gasteiger partial charge in [-0.3, -0.25) is 0 Å². The van der Waals surface area contributed by atoms with Crippen LogP contribution in [-0.4, -0.2) is 33.8 Å². The third-order valence-corrected chi connectivity index (χ3v) is 2.81. The molecule has 2 N–H and O–H groups in total. The van der Waals surface area contributed by atoms with E-state index in [0.717, 1.165) is 11.5 Å². The van der Waals surface area contributed by atoms with Gasteiger partial charge in [-0.05, 0) is 24.3 Å². The minimum Gasteiger partial charge on any atom is -0.479 e. The molecule has 0 saturated heterocycles. The van der Waals surface area contributed by atoms with E-state index in [1.54, 1.807) is 11.8 Å². The average molecular weight is 206 g/mol. The Kier molecular flexibility index (Phi) is 8.24. The maximum Gasteiger partial charge on any atom is 0.332 e. The van der Waals surface area contributed by atoms with Crippen LogP contribution in [0.15, 0.2) is 0 Å². The molecule has 0 fully saturated rings. The standard InChI is InChI=1S/C9H18O3S/c1-2-3-4-6-13-7-5-8(10)9(11)12/h8,10H,2-7H2,1H3,(H,11,12). The summed E-state index contributed by atoms with van der Waals surface area (Å²) < 4.78 is 0. The fourth-order valence-corrected chi connectivity index (χ4v) is 1.88. The number of carboxylic acids is 1. The molecule has 1 unspecified atom stereocenters. The second-order valence-corrected chi connectivity index (χ2v) is 4.19. The number of carbonyl (C=O) groups is 1. The summed E-state index contributed by atoms with van der Waals surface area (Å²) in [6.07, 6.45) is 2.79. The van der Waals surface area contributed by atoms with Gasteiger partial charge in [-0.2, -0.15) is 11.8 Å². The summed E-state index contributed by atoms with van der Waals surface area (Å²) in [6.45, 7) is 2.15. The first-order valence-corrected chi connectivity index (χ1v) is 5.82. The van der Waals surface area contributed by atoms with Crippen molar-refractivity contribution in [1.82, 2.24) is 0 Å². The average Bonchev–Trinajstić information content (AvgIpc) is 2.10. The Hall–Kier alpha value is -0.220. The van der Waals surface area contributed by atoms with Crippen LogP contribution in [0.4, 0.5) is 0 Å². The Labute approximate surface area is 83.5 Å². The van der Waals surface area contributed by atoms with Crippen molar-refractivity contribution in [2.75, 3.05) is 11.5 Å². The molecule has 4 heteroatoms. The predicted molar refractivity (Wildman–Crippen MR) is 55.1 cm³/mol. The van der Waals surface area contributed by atoms with Crippen LogP contribution in [0.2, 0.25) is 0 Å². The molecule has 0 rings (SSSR count). The summed E-state index contributed by atoms with van der Waals surface area (Å²) in [5.74, 6) is 0.686. The highest BCUT2D eigenvalue weighted by atomic mass is 32.2. The molecule has 0 bridgehead atoms. The second-order valence-electron chi connectivity index (χ2n) is 2.96. The van der Waals surface area contributed by atoms with Gasteiger partial charge in [0.05, 0.1) is 0 Å². The predicted octanol–water partition coefficient (Wildman–Crippen LogP) is 1.75. The minimum atomic E-state index is -1.18. The van der Waals surface area contributed by atoms with Crippen molar-refractivity contribution in [2.45, 2.75) is 38.7 Å². The van der Waals surface area contributed by atoms with Gasteiger partial charge in [0.1, 0.15) is 0 Å². The normalized spacial score (nSPS) is 12.8. The number of hydrogen-bond donors (Lipinski definition) is 2. The number of aliphatic carboxylic acids is 1. The Morgan fingerprint density at radius 1 is 1.38 bits per heavy atom. The number of unbranched alkanes of at least 4 members (excludes halogenated alkanes) is 2. The number of carboxylic acid groups (broad SMARTS) is 1. The highest BCUT2D eigenvalue weighted by Crippen LogP contribution is 2.08. The Morgan fingerprint density at radius 3 is 2.62 bits per heavy atom. The molecule has 0 aliphatic heterocycles. The van der Waals surface area contributed by atoms with Crippen LogP contribution in [0.3, 0.4) is 0 Å². The number of aliphatic hydroxyl groups excluding tert-OH is 1. The van der Waals surface area contributed by atoms with E-state index in [0.29, 0.717) is 6.42 Å². The first-order valence-electron chi connectivity index (χ1n) is 4.67. The fourth-order valence-electron chi connectivity index (χ4n) is 0.875. The third kappa shape index (κ3) is 8.12. The van der Waals surface area contributed by atoms with E-state index in [2.05, 4.69) is 6.92 Å². The number of rotatable bonds is 8. The van der Waals surface area contributed by atoms with E-state index in [-0.39, 0.29) is 0 Å². The van der Waals surface area contributed by atoms with Crippen molar-refractivity contribution in [2.24, 2.45) is 0 Å². The largest absolute Gasteiger partial charge is 0.479 e. The molecule has 0 saturated carbocycles. The first kappa shape index (κ1) is 12.8. The van der Waals surface area contributed by atoms with Gasteiger partial charge in [0.2, 0.25) is 0 Å². The smallest absolute Gasteiger partial charge is 0.332 e. The van der Waals surface area contributed by atoms with Gasteiger partial charge in [-0.1, -0.05) is 19.8 Å². The summed E-state index contributed by atoms with van der Waals surface area (Å²) in [6, 6.07) is 0. The van der Waals surface area contributed by atoms with Crippen molar-refractivity contribution < 1.29 is 15.0 Å². The van der Waals surface area contributed by atoms with E-state index < -0.39 is 12.1 Å². The van der Waals surface area contributed by atoms with Crippen molar-refractivity contribution in [3.8, 4) is 0 Å². The Morgan fingerprint density at radius 2 is 2.08 bits per heavy atom. The van der Waals surface area contributed by atoms with Gasteiger partial charge < -0.3 is 10.2 Å². The van der Waals surface area contributed by atoms with Gasteiger partial charge in [0.25, 0.3) is 0 Å². The SMILES string of the molecule is CCCCCSCCC(O)C(=O)O. The lowest BCUT2D eigenvalue weighted by molar-refractivity contribution is -0.146. The molecule has 1 atom stereocenters. The Balaban J connectivity index is 3.11. The van der Waals surface area contributed by atoms with Gasteiger partial charge in [-0.25, -0.2) is 4.79 Å². The van der Waals surface area contributed by atoms with Crippen molar-refractivity contribution in [3.63, 3.8) is 0 Å². The third-order valence-electron chi connectivity index (χ3n) is 1.71. The lowest BCUT2D eigenvalue weighted by Gasteiger charge is -2.04. The van der Waals surface area contributed by atoms with E-state index in [9.17, 15) is 4.79 Å². The van der Waals surface area contributed by atoms with Crippen LogP contribution in [0.1, 0.15) is 32.6 Å². The molecule has 0 aromatic heterocycles. The molecule has 0 aromatic rings. The van der Waals surface area contributed by atoms with Gasteiger partial charge >= 0.3 is 5.97 Å². The molecule has 78 valence electrons. The zero-order valence-electron chi connectivity index (χ0n) is 8.03. The molecular weight excluding hydrogens is 188 g/mol. The Bertz CT molecular complexity index is 139. The first-order chi connectivity index (χ1) is 6.18. The molecule has 13 heavy (non-hydrogen) atoms. The molecule has 0 spiro atoms. The lowest BCUT2D eigenvalue weighted by Crippen LogP contribution is -2.19. The topological polar surface area (TPSA) is 57.5 Å². The molecule has 0 amide bonds. The zero-order valence-corrected chi connectivity index (χ0v) is 8.85. The monoisotopic (exact) mass is 206 g/mol. The molecule has 0 heterocycles. The fraction of sp³-hybridized carbons (Fsp3) is 0.889. The summed E-state index contributed by atoms with van der Waals surface area (Å²) in [5.41, 5.74) is 0. The molecule has 3 nitrogen and oxygen atoms in total. The van der Waals surface area contributed by atoms with Crippen LogP contribution in [0, 0.1) is 0 Å². The quantitative estimate of drug-likeness (QED) is 0.594. The summed E-state index contributed by atoms with van der Waals surface area (Å²) >= 11 is 1.72. The van der Waals surface area contributed by atoms with Crippen molar-refractivity contribution in [3.05, 3.63) is 0 Å². The van der Waals surface area contributed by atoms with E-state index in [1.165, 1.54) is 19.3 Å². The number of aliphatic hydroxyl groups is 1. The summed E-state index contributed by atoms with van der Waals surface area (Å²) in [4.78, 5) is 10.2. The zero-order chi connectivity index (χ0) is 10.1. The highest BCUT2D eigenvalue weighted by molar-refractivity contribution is 7.99. The van der Waals surface area contributed by atoms with Gasteiger partial charge in [0, 0.05) is 0 Å². The van der Waals surface area contributed by atoms with Crippen LogP contribution in [0.25, 0.3) is 0 Å². The van der Waals surface area contributed by atoms with E-state index in [4.69, 9.17) is 10.2 Å². The van der Waals surface area contributed by atoms with E-state index >= 15 is 0 Å². The highest BCUT2D eigenvalue weighted by Gasteiger charge is 2.11. The van der Waals surface area contributed by atoms with E-state index in [1.807, 2.05) is 0 Å². The molecule has 0 aliphatic carbocycles. The van der Waals surface area contributed by atoms with Crippen molar-refractivity contribution >= 4 is 17.7 Å². The number of thioether (sulfide) groups is 1. The summed E-state index contributed by atoms with van der Waals surface area (Å²) in [5, 5.41) is 17.3. The lowest BCUT2D eigenvalue weighted by atomic mass is 10.3. The minimum absolute atomic E-state index is 0.353. The van der Waals surface area contributed by atoms with Gasteiger partial charge in [-0.15, -0.1) is 0 Å². The van der Waals surface area contributed by atoms with Crippen LogP contribution in [0.5, 0.6) is 0 Å². The maximum atomic E-state index is 10.2. The number of hydrogen-bond acceptors (Lipinski definition) is 3. The van der Waals surface area contributed by atoms with Crippen LogP contribution >= 0.6 is 11.8 Å². The molecular formula is C9H18O3S. The van der Waals surface area contributed by atoms with Crippen molar-refractivity contribution in [1.29, 1.82) is 0 Å². The van der Waals surface area contributed by atoms with Crippen LogP contribution < -0.4 is 0 Å². The second kappa shape index (κ2) is 8.38. The molecule has 0 radical (unpaired) electrons. The summed E-state index contributed by atoms with van der Waals surface area (Å²) in [7, 11) is 0.